The first-order valence-corrected chi connectivity index (χ1v) is 7.04. The number of benzene rings is 1. The predicted molar refractivity (Wildman–Crippen MR) is 77.9 cm³/mol. The average molecular weight is 290 g/mol. The number of aromatic amines is 1. The van der Waals surface area contributed by atoms with E-state index in [2.05, 4.69) is 9.97 Å². The summed E-state index contributed by atoms with van der Waals surface area (Å²) >= 11 is 1.05. The van der Waals surface area contributed by atoms with Gasteiger partial charge in [0.1, 0.15) is 5.25 Å². The monoisotopic (exact) mass is 290 g/mol. The lowest BCUT2D eigenvalue weighted by Gasteiger charge is -2.09. The molecule has 0 saturated heterocycles. The van der Waals surface area contributed by atoms with E-state index in [1.54, 1.807) is 6.92 Å². The van der Waals surface area contributed by atoms with Gasteiger partial charge in [-0.1, -0.05) is 49.0 Å². The highest BCUT2D eigenvalue weighted by Crippen LogP contribution is 2.23. The summed E-state index contributed by atoms with van der Waals surface area (Å²) in [6.07, 6.45) is 0.458. The van der Waals surface area contributed by atoms with Gasteiger partial charge in [-0.05, 0) is 6.42 Å². The zero-order valence-electron chi connectivity index (χ0n) is 10.9. The van der Waals surface area contributed by atoms with E-state index in [9.17, 15) is 9.59 Å². The second kappa shape index (κ2) is 6.38. The number of aromatic nitrogens is 2. The number of aliphatic carboxylic acids is 1. The number of carboxylic acids is 1. The van der Waals surface area contributed by atoms with Crippen molar-refractivity contribution >= 4 is 17.7 Å². The minimum Gasteiger partial charge on any atom is -0.480 e. The third-order valence-corrected chi connectivity index (χ3v) is 3.93. The third kappa shape index (κ3) is 3.48. The second-order valence-corrected chi connectivity index (χ2v) is 5.35. The molecular weight excluding hydrogens is 276 g/mol. The van der Waals surface area contributed by atoms with Crippen molar-refractivity contribution in [1.29, 1.82) is 0 Å². The van der Waals surface area contributed by atoms with Gasteiger partial charge in [-0.3, -0.25) is 9.59 Å². The number of carbonyl (C=O) groups is 1. The molecule has 0 fully saturated rings. The van der Waals surface area contributed by atoms with Crippen LogP contribution in [0.1, 0.15) is 13.3 Å². The van der Waals surface area contributed by atoms with Crippen LogP contribution in [0.3, 0.4) is 0 Å². The van der Waals surface area contributed by atoms with E-state index in [4.69, 9.17) is 5.11 Å². The minimum absolute atomic E-state index is 0.290. The van der Waals surface area contributed by atoms with E-state index in [1.807, 2.05) is 30.3 Å². The molecule has 1 atom stereocenters. The zero-order valence-corrected chi connectivity index (χ0v) is 11.7. The average Bonchev–Trinajstić information content (AvgIpc) is 2.45. The lowest BCUT2D eigenvalue weighted by Crippen LogP contribution is -2.17. The minimum atomic E-state index is -0.912. The molecule has 6 heteroatoms. The van der Waals surface area contributed by atoms with E-state index >= 15 is 0 Å². The first kappa shape index (κ1) is 14.3. The summed E-state index contributed by atoms with van der Waals surface area (Å²) in [5, 5.41) is 8.75. The summed E-state index contributed by atoms with van der Waals surface area (Å²) in [7, 11) is 0. The molecule has 20 heavy (non-hydrogen) atoms. The van der Waals surface area contributed by atoms with Gasteiger partial charge in [-0.25, -0.2) is 4.98 Å². The zero-order chi connectivity index (χ0) is 14.5. The van der Waals surface area contributed by atoms with E-state index in [1.165, 1.54) is 6.07 Å². The SMILES string of the molecule is CC[C@H](Sc1nc(-c2ccccc2)cc(=O)[nH]1)C(=O)O. The molecule has 104 valence electrons. The second-order valence-electron chi connectivity index (χ2n) is 4.15. The molecule has 0 aliphatic carbocycles. The highest BCUT2D eigenvalue weighted by molar-refractivity contribution is 8.00. The number of rotatable bonds is 5. The molecule has 0 unspecified atom stereocenters. The van der Waals surface area contributed by atoms with E-state index in [-0.39, 0.29) is 5.56 Å². The Morgan fingerprint density at radius 2 is 2.10 bits per heavy atom. The quantitative estimate of drug-likeness (QED) is 0.652. The Hall–Kier alpha value is -2.08. The van der Waals surface area contributed by atoms with Gasteiger partial charge >= 0.3 is 5.97 Å². The molecule has 2 N–H and O–H groups in total. The molecule has 0 radical (unpaired) electrons. The van der Waals surface area contributed by atoms with Crippen molar-refractivity contribution in [2.45, 2.75) is 23.8 Å². The van der Waals surface area contributed by atoms with Crippen LogP contribution in [0.5, 0.6) is 0 Å². The Labute approximate surface area is 120 Å². The van der Waals surface area contributed by atoms with Crippen LogP contribution in [0.15, 0.2) is 46.3 Å². The lowest BCUT2D eigenvalue weighted by molar-refractivity contribution is -0.136. The van der Waals surface area contributed by atoms with Gasteiger partial charge in [-0.2, -0.15) is 0 Å². The maximum atomic E-state index is 11.7. The van der Waals surface area contributed by atoms with Crippen LogP contribution in [0.25, 0.3) is 11.3 Å². The van der Waals surface area contributed by atoms with Crippen molar-refractivity contribution in [2.24, 2.45) is 0 Å². The summed E-state index contributed by atoms with van der Waals surface area (Å²) < 4.78 is 0. The highest BCUT2D eigenvalue weighted by Gasteiger charge is 2.18. The number of H-pyrrole nitrogens is 1. The van der Waals surface area contributed by atoms with Crippen molar-refractivity contribution in [1.82, 2.24) is 9.97 Å². The van der Waals surface area contributed by atoms with Gasteiger partial charge in [-0.15, -0.1) is 0 Å². The lowest BCUT2D eigenvalue weighted by atomic mass is 10.1. The first-order valence-electron chi connectivity index (χ1n) is 6.16. The summed E-state index contributed by atoms with van der Waals surface area (Å²) in [6, 6.07) is 10.7. The van der Waals surface area contributed by atoms with Crippen molar-refractivity contribution in [3.63, 3.8) is 0 Å². The van der Waals surface area contributed by atoms with Gasteiger partial charge in [0.2, 0.25) is 0 Å². The number of nitrogens with one attached hydrogen (secondary N) is 1. The Kier molecular flexibility index (Phi) is 4.57. The van der Waals surface area contributed by atoms with E-state index in [0.717, 1.165) is 17.3 Å². The fourth-order valence-corrected chi connectivity index (χ4v) is 2.54. The van der Waals surface area contributed by atoms with Crippen LogP contribution < -0.4 is 5.56 Å². The number of nitrogens with zero attached hydrogens (tertiary/aromatic N) is 1. The van der Waals surface area contributed by atoms with E-state index in [0.29, 0.717) is 17.3 Å². The smallest absolute Gasteiger partial charge is 0.317 e. The van der Waals surface area contributed by atoms with Crippen LogP contribution in [0.4, 0.5) is 0 Å². The third-order valence-electron chi connectivity index (χ3n) is 2.69. The number of carboxylic acid groups (broad SMARTS) is 1. The Morgan fingerprint density at radius 3 is 2.70 bits per heavy atom. The molecule has 0 bridgehead atoms. The molecular formula is C14H14N2O3S. The molecule has 1 aromatic carbocycles. The maximum absolute atomic E-state index is 11.7. The molecule has 0 spiro atoms. The van der Waals surface area contributed by atoms with Crippen molar-refractivity contribution < 1.29 is 9.90 Å². The molecule has 0 aliphatic rings. The van der Waals surface area contributed by atoms with Crippen LogP contribution in [-0.4, -0.2) is 26.3 Å². The van der Waals surface area contributed by atoms with Gasteiger partial charge in [0.05, 0.1) is 5.69 Å². The van der Waals surface area contributed by atoms with Crippen molar-refractivity contribution in [3.05, 3.63) is 46.8 Å². The molecule has 0 saturated carbocycles. The maximum Gasteiger partial charge on any atom is 0.317 e. The normalized spacial score (nSPS) is 12.1. The molecule has 5 nitrogen and oxygen atoms in total. The Bertz CT molecular complexity index is 655. The molecule has 1 heterocycles. The fraction of sp³-hybridized carbons (Fsp3) is 0.214. The molecule has 2 rings (SSSR count). The van der Waals surface area contributed by atoms with Crippen molar-refractivity contribution in [3.8, 4) is 11.3 Å². The number of thioether (sulfide) groups is 1. The molecule has 0 aliphatic heterocycles. The van der Waals surface area contributed by atoms with Crippen molar-refractivity contribution in [2.75, 3.05) is 0 Å². The standard InChI is InChI=1S/C14H14N2O3S/c1-2-11(13(18)19)20-14-15-10(8-12(17)16-14)9-6-4-3-5-7-9/h3-8,11H,2H2,1H3,(H,18,19)(H,15,16,17)/t11-/m0/s1. The summed E-state index contributed by atoms with van der Waals surface area (Å²) in [6.45, 7) is 1.78. The molecule has 1 aromatic heterocycles. The summed E-state index contributed by atoms with van der Waals surface area (Å²) in [4.78, 5) is 29.6. The van der Waals surface area contributed by atoms with Crippen LogP contribution in [0.2, 0.25) is 0 Å². The van der Waals surface area contributed by atoms with Gasteiger partial charge in [0, 0.05) is 11.6 Å². The molecule has 2 aromatic rings. The summed E-state index contributed by atoms with van der Waals surface area (Å²) in [5.74, 6) is -0.912. The van der Waals surface area contributed by atoms with Crippen LogP contribution in [-0.2, 0) is 4.79 Å². The van der Waals surface area contributed by atoms with Gasteiger partial charge < -0.3 is 10.1 Å². The van der Waals surface area contributed by atoms with E-state index < -0.39 is 11.2 Å². The topological polar surface area (TPSA) is 83.0 Å². The molecule has 0 amide bonds. The Morgan fingerprint density at radius 1 is 1.40 bits per heavy atom. The fourth-order valence-electron chi connectivity index (χ4n) is 1.69. The highest BCUT2D eigenvalue weighted by atomic mass is 32.2. The van der Waals surface area contributed by atoms with Gasteiger partial charge in [0.15, 0.2) is 5.16 Å². The summed E-state index contributed by atoms with van der Waals surface area (Å²) in [5.41, 5.74) is 1.07. The largest absolute Gasteiger partial charge is 0.480 e. The van der Waals surface area contributed by atoms with Gasteiger partial charge in [0.25, 0.3) is 5.56 Å². The first-order chi connectivity index (χ1) is 9.60. The Balaban J connectivity index is 2.34. The van der Waals surface area contributed by atoms with Crippen LogP contribution in [0, 0.1) is 0 Å². The predicted octanol–water partition coefficient (Wildman–Crippen LogP) is 2.39. The number of hydrogen-bond acceptors (Lipinski definition) is 4. The number of hydrogen-bond donors (Lipinski definition) is 2. The van der Waals surface area contributed by atoms with Crippen LogP contribution >= 0.6 is 11.8 Å².